The van der Waals surface area contributed by atoms with Gasteiger partial charge < -0.3 is 13.9 Å². The highest BCUT2D eigenvalue weighted by Crippen LogP contribution is 2.49. The van der Waals surface area contributed by atoms with Crippen molar-refractivity contribution in [2.45, 2.75) is 83.6 Å². The second-order valence-electron chi connectivity index (χ2n) is 8.01. The Kier molecular flexibility index (Phi) is 3.71. The minimum atomic E-state index is -1.80. The largest absolute Gasteiger partial charge is 0.408 e. The average molecular weight is 286 g/mol. The second-order valence-corrected chi connectivity index (χ2v) is 12.8. The van der Waals surface area contributed by atoms with Crippen LogP contribution in [0.4, 0.5) is 0 Å². The molecule has 112 valence electrons. The Morgan fingerprint density at radius 1 is 1.26 bits per heavy atom. The fraction of sp³-hybridized carbons (Fsp3) is 1.00. The summed E-state index contributed by atoms with van der Waals surface area (Å²) in [7, 11) is -1.80. The smallest absolute Gasteiger partial charge is 0.192 e. The fourth-order valence-electron chi connectivity index (χ4n) is 2.86. The van der Waals surface area contributed by atoms with Gasteiger partial charge in [-0.1, -0.05) is 34.6 Å². The summed E-state index contributed by atoms with van der Waals surface area (Å²) in [5.41, 5.74) is -0.237. The monoisotopic (exact) mass is 286 g/mol. The highest BCUT2D eigenvalue weighted by Gasteiger charge is 2.63. The molecule has 4 heteroatoms. The Balaban J connectivity index is 2.25. The molecule has 0 unspecified atom stereocenters. The van der Waals surface area contributed by atoms with Crippen LogP contribution in [0.3, 0.4) is 0 Å². The van der Waals surface area contributed by atoms with E-state index < -0.39 is 8.32 Å². The first-order chi connectivity index (χ1) is 8.51. The summed E-state index contributed by atoms with van der Waals surface area (Å²) in [6.07, 6.45) is 0.353. The highest BCUT2D eigenvalue weighted by atomic mass is 28.4. The van der Waals surface area contributed by atoms with Crippen molar-refractivity contribution in [3.05, 3.63) is 0 Å². The van der Waals surface area contributed by atoms with Crippen LogP contribution in [0, 0.1) is 5.92 Å². The van der Waals surface area contributed by atoms with Gasteiger partial charge in [-0.15, -0.1) is 0 Å². The van der Waals surface area contributed by atoms with Gasteiger partial charge in [-0.2, -0.15) is 0 Å². The summed E-state index contributed by atoms with van der Waals surface area (Å²) in [4.78, 5) is 0. The molecular weight excluding hydrogens is 256 g/mol. The third-order valence-electron chi connectivity index (χ3n) is 5.35. The Labute approximate surface area is 119 Å². The molecule has 19 heavy (non-hydrogen) atoms. The maximum absolute atomic E-state index is 6.67. The zero-order valence-electron chi connectivity index (χ0n) is 13.7. The Morgan fingerprint density at radius 2 is 1.84 bits per heavy atom. The molecule has 0 spiro atoms. The van der Waals surface area contributed by atoms with E-state index in [2.05, 4.69) is 54.6 Å². The third kappa shape index (κ3) is 2.31. The predicted molar refractivity (Wildman–Crippen MR) is 79.9 cm³/mol. The van der Waals surface area contributed by atoms with E-state index >= 15 is 0 Å². The quantitative estimate of drug-likeness (QED) is 0.742. The lowest BCUT2D eigenvalue weighted by molar-refractivity contribution is -0.157. The fourth-order valence-corrected chi connectivity index (χ4v) is 4.18. The van der Waals surface area contributed by atoms with Gasteiger partial charge in [0, 0.05) is 0 Å². The number of fused-ring (bicyclic) bond motifs is 2. The van der Waals surface area contributed by atoms with Crippen molar-refractivity contribution >= 4 is 8.32 Å². The molecule has 4 atom stereocenters. The summed E-state index contributed by atoms with van der Waals surface area (Å²) >= 11 is 0. The van der Waals surface area contributed by atoms with Gasteiger partial charge in [-0.25, -0.2) is 0 Å². The highest BCUT2D eigenvalue weighted by molar-refractivity contribution is 6.74. The zero-order chi connectivity index (χ0) is 14.6. The first-order valence-corrected chi connectivity index (χ1v) is 10.4. The van der Waals surface area contributed by atoms with Crippen LogP contribution in [0.5, 0.6) is 0 Å². The lowest BCUT2D eigenvalue weighted by Gasteiger charge is -2.42. The van der Waals surface area contributed by atoms with Gasteiger partial charge in [0.1, 0.15) is 17.8 Å². The van der Waals surface area contributed by atoms with Crippen LogP contribution in [-0.4, -0.2) is 38.8 Å². The van der Waals surface area contributed by atoms with E-state index in [1.165, 1.54) is 0 Å². The van der Waals surface area contributed by atoms with Crippen molar-refractivity contribution in [1.82, 2.24) is 0 Å². The third-order valence-corrected chi connectivity index (χ3v) is 9.81. The molecule has 3 nitrogen and oxygen atoms in total. The van der Waals surface area contributed by atoms with Crippen molar-refractivity contribution in [2.24, 2.45) is 5.92 Å². The average Bonchev–Trinajstić information content (AvgIpc) is 2.68. The van der Waals surface area contributed by atoms with E-state index in [1.807, 2.05) is 0 Å². The molecule has 0 aromatic heterocycles. The normalized spacial score (nSPS) is 39.3. The van der Waals surface area contributed by atoms with Gasteiger partial charge >= 0.3 is 0 Å². The molecule has 2 rings (SSSR count). The van der Waals surface area contributed by atoms with E-state index in [-0.39, 0.29) is 29.0 Å². The molecule has 2 saturated heterocycles. The Bertz CT molecular complexity index is 348. The van der Waals surface area contributed by atoms with Crippen molar-refractivity contribution in [3.63, 3.8) is 0 Å². The van der Waals surface area contributed by atoms with Gasteiger partial charge in [-0.05, 0) is 31.0 Å². The van der Waals surface area contributed by atoms with Crippen LogP contribution in [0.25, 0.3) is 0 Å². The van der Waals surface area contributed by atoms with Gasteiger partial charge in [-0.3, -0.25) is 0 Å². The van der Waals surface area contributed by atoms with E-state index in [1.54, 1.807) is 0 Å². The molecule has 0 N–H and O–H groups in total. The molecule has 2 fully saturated rings. The number of hydrogen-bond acceptors (Lipinski definition) is 3. The summed E-state index contributed by atoms with van der Waals surface area (Å²) in [6, 6.07) is 0. The van der Waals surface area contributed by atoms with Crippen LogP contribution in [0.2, 0.25) is 18.1 Å². The maximum atomic E-state index is 6.67. The zero-order valence-corrected chi connectivity index (χ0v) is 14.7. The molecule has 2 aliphatic heterocycles. The van der Waals surface area contributed by atoms with Crippen LogP contribution < -0.4 is 0 Å². The first kappa shape index (κ1) is 15.5. The molecule has 0 radical (unpaired) electrons. The van der Waals surface area contributed by atoms with Crippen molar-refractivity contribution in [3.8, 4) is 0 Å². The van der Waals surface area contributed by atoms with E-state index in [0.717, 1.165) is 0 Å². The lowest BCUT2D eigenvalue weighted by atomic mass is 9.87. The molecule has 0 aliphatic carbocycles. The second kappa shape index (κ2) is 4.55. The lowest BCUT2D eigenvalue weighted by Crippen LogP contribution is -2.53. The molecule has 0 amide bonds. The summed E-state index contributed by atoms with van der Waals surface area (Å²) in [5, 5.41) is 0.219. The molecular formula is C15H30O3Si. The first-order valence-electron chi connectivity index (χ1n) is 7.48. The topological polar surface area (TPSA) is 27.7 Å². The summed E-state index contributed by atoms with van der Waals surface area (Å²) in [6.45, 7) is 18.7. The minimum Gasteiger partial charge on any atom is -0.408 e. The standard InChI is InChI=1S/C15H30O3Si/c1-10(2)15-9-16-12(11(3)17-15)13(15)18-19(7,8)14(4,5)6/h10-13H,9H2,1-8H3/t11-,12-,13-,15+/m0/s1. The minimum absolute atomic E-state index is 0.100. The van der Waals surface area contributed by atoms with E-state index in [4.69, 9.17) is 13.9 Å². The van der Waals surface area contributed by atoms with Crippen LogP contribution in [-0.2, 0) is 13.9 Å². The van der Waals surface area contributed by atoms with Gasteiger partial charge in [0.15, 0.2) is 8.32 Å². The van der Waals surface area contributed by atoms with Crippen molar-refractivity contribution in [2.75, 3.05) is 6.61 Å². The molecule has 2 aliphatic rings. The molecule has 2 heterocycles. The van der Waals surface area contributed by atoms with Crippen LogP contribution in [0.1, 0.15) is 41.5 Å². The van der Waals surface area contributed by atoms with E-state index in [0.29, 0.717) is 12.5 Å². The summed E-state index contributed by atoms with van der Waals surface area (Å²) < 4.78 is 18.9. The van der Waals surface area contributed by atoms with Gasteiger partial charge in [0.05, 0.1) is 12.7 Å². The van der Waals surface area contributed by atoms with Crippen LogP contribution in [0.15, 0.2) is 0 Å². The Morgan fingerprint density at radius 3 is 2.26 bits per heavy atom. The van der Waals surface area contributed by atoms with Crippen LogP contribution >= 0.6 is 0 Å². The molecule has 0 aromatic rings. The number of rotatable bonds is 3. The van der Waals surface area contributed by atoms with Gasteiger partial charge in [0.2, 0.25) is 0 Å². The van der Waals surface area contributed by atoms with Crippen molar-refractivity contribution in [1.29, 1.82) is 0 Å². The molecule has 2 bridgehead atoms. The molecule has 0 aromatic carbocycles. The van der Waals surface area contributed by atoms with Crippen molar-refractivity contribution < 1.29 is 13.9 Å². The number of hydrogen-bond donors (Lipinski definition) is 0. The SMILES string of the molecule is CC(C)[C@@]12CO[C@@H]([C@H](C)O1)[C@@H]2O[Si](C)(C)C(C)(C)C. The summed E-state index contributed by atoms with van der Waals surface area (Å²) in [5.74, 6) is 0.414. The number of ether oxygens (including phenoxy) is 2. The maximum Gasteiger partial charge on any atom is 0.192 e. The van der Waals surface area contributed by atoms with Gasteiger partial charge in [0.25, 0.3) is 0 Å². The molecule has 0 saturated carbocycles. The Hall–Kier alpha value is 0.0969. The predicted octanol–water partition coefficient (Wildman–Crippen LogP) is 3.59. The van der Waals surface area contributed by atoms with E-state index in [9.17, 15) is 0 Å².